The van der Waals surface area contributed by atoms with Crippen molar-refractivity contribution in [3.05, 3.63) is 0 Å². The van der Waals surface area contributed by atoms with E-state index in [1.807, 2.05) is 0 Å². The second-order valence-corrected chi connectivity index (χ2v) is 2.61. The van der Waals surface area contributed by atoms with E-state index >= 15 is 0 Å². The highest BCUT2D eigenvalue weighted by atomic mass is 33.1. The summed E-state index contributed by atoms with van der Waals surface area (Å²) in [6.07, 6.45) is 0. The van der Waals surface area contributed by atoms with Crippen LogP contribution in [0, 0.1) is 0 Å². The van der Waals surface area contributed by atoms with Crippen LogP contribution in [0.1, 0.15) is 27.7 Å². The summed E-state index contributed by atoms with van der Waals surface area (Å²) < 4.78 is 1.28. The smallest absolute Gasteiger partial charge is 0.0757 e. The highest BCUT2D eigenvalue weighted by molar-refractivity contribution is 8.59. The third kappa shape index (κ3) is 4.99. The van der Waals surface area contributed by atoms with Crippen LogP contribution in [-0.4, -0.2) is 30.7 Å². The largest absolute Gasteiger partial charge is 0.325 e. The van der Waals surface area contributed by atoms with Crippen LogP contribution in [0.5, 0.6) is 0 Å². The highest BCUT2D eigenvalue weighted by Crippen LogP contribution is 2.03. The van der Waals surface area contributed by atoms with Crippen molar-refractivity contribution in [3.8, 4) is 0 Å². The fraction of sp³-hybridized carbons (Fsp3) is 1.00. The van der Waals surface area contributed by atoms with Crippen LogP contribution in [0.2, 0.25) is 0 Å². The fourth-order valence-electron chi connectivity index (χ4n) is 1.34. The molecule has 0 amide bonds. The van der Waals surface area contributed by atoms with Crippen LogP contribution >= 0.6 is 23.3 Å². The number of nitrogens with zero attached hydrogens (tertiary/aromatic N) is 1. The van der Waals surface area contributed by atoms with E-state index in [4.69, 9.17) is 0 Å². The Kier molecular flexibility index (Phi) is 11.3. The molecule has 0 atom stereocenters. The first kappa shape index (κ1) is 14.2. The molecule has 0 aliphatic rings. The first-order valence-electron chi connectivity index (χ1n) is 4.29. The lowest BCUT2D eigenvalue weighted by Gasteiger charge is -2.34. The van der Waals surface area contributed by atoms with E-state index in [1.165, 1.54) is 30.7 Å². The number of hydrogen-bond acceptors (Lipinski definition) is 2. The van der Waals surface area contributed by atoms with Crippen molar-refractivity contribution in [1.82, 2.24) is 0 Å². The maximum Gasteiger partial charge on any atom is 0.0757 e. The molecule has 11 heavy (non-hydrogen) atoms. The van der Waals surface area contributed by atoms with Crippen LogP contribution in [0.15, 0.2) is 0 Å². The molecule has 0 unspecified atom stereocenters. The van der Waals surface area contributed by atoms with Gasteiger partial charge in [-0.2, -0.15) is 0 Å². The number of hydrogen-bond donors (Lipinski definition) is 2. The molecule has 0 radical (unpaired) electrons. The standard InChI is InChI=1S/C8H20N.H2S2/c1-5-9(6-2,7-3)8-4;1-2/h5-8H2,1-4H3;1-2H/q+1;. The van der Waals surface area contributed by atoms with Gasteiger partial charge in [-0.25, -0.2) is 0 Å². The lowest BCUT2D eigenvalue weighted by Crippen LogP contribution is -2.47. The van der Waals surface area contributed by atoms with Gasteiger partial charge in [0, 0.05) is 0 Å². The summed E-state index contributed by atoms with van der Waals surface area (Å²) in [6, 6.07) is 0. The Bertz CT molecular complexity index is 55.0. The zero-order valence-electron chi connectivity index (χ0n) is 8.17. The van der Waals surface area contributed by atoms with E-state index in [0.29, 0.717) is 0 Å². The molecule has 0 aliphatic heterocycles. The molecule has 0 spiro atoms. The lowest BCUT2D eigenvalue weighted by molar-refractivity contribution is -0.921. The molecular formula is C8H22NS2+. The van der Waals surface area contributed by atoms with Gasteiger partial charge in [0.1, 0.15) is 0 Å². The third-order valence-corrected chi connectivity index (χ3v) is 2.68. The molecule has 1 nitrogen and oxygen atoms in total. The molecule has 0 aromatic heterocycles. The summed E-state index contributed by atoms with van der Waals surface area (Å²) in [6.45, 7) is 14.2. The van der Waals surface area contributed by atoms with Gasteiger partial charge in [-0.15, -0.1) is 23.3 Å². The lowest BCUT2D eigenvalue weighted by atomic mass is 10.3. The molecule has 0 saturated heterocycles. The average molecular weight is 196 g/mol. The van der Waals surface area contributed by atoms with Crippen molar-refractivity contribution < 1.29 is 4.48 Å². The second kappa shape index (κ2) is 8.75. The number of rotatable bonds is 4. The summed E-state index contributed by atoms with van der Waals surface area (Å²) in [4.78, 5) is 0. The molecule has 0 heterocycles. The first-order chi connectivity index (χ1) is 5.24. The molecule has 0 saturated carbocycles. The number of thiol groups is 2. The van der Waals surface area contributed by atoms with Gasteiger partial charge in [0.15, 0.2) is 0 Å². The molecule has 0 N–H and O–H groups in total. The summed E-state index contributed by atoms with van der Waals surface area (Å²) in [5.74, 6) is 0. The molecule has 0 aliphatic carbocycles. The van der Waals surface area contributed by atoms with Crippen LogP contribution in [0.25, 0.3) is 0 Å². The van der Waals surface area contributed by atoms with Gasteiger partial charge >= 0.3 is 0 Å². The molecule has 3 heteroatoms. The maximum absolute atomic E-state index is 3.22. The summed E-state index contributed by atoms with van der Waals surface area (Å²) in [7, 11) is 0. The van der Waals surface area contributed by atoms with Gasteiger partial charge in [0.2, 0.25) is 0 Å². The van der Waals surface area contributed by atoms with Crippen molar-refractivity contribution in [2.45, 2.75) is 27.7 Å². The SMILES string of the molecule is CC[N+](CC)(CC)CC.SS. The Hall–Kier alpha value is 0.660. The Morgan fingerprint density at radius 1 is 0.727 bits per heavy atom. The molecule has 0 rings (SSSR count). The molecule has 0 fully saturated rings. The van der Waals surface area contributed by atoms with Crippen LogP contribution in [-0.2, 0) is 0 Å². The second-order valence-electron chi connectivity index (χ2n) is 2.61. The van der Waals surface area contributed by atoms with Gasteiger partial charge in [-0.1, -0.05) is 0 Å². The van der Waals surface area contributed by atoms with Crippen LogP contribution in [0.4, 0.5) is 0 Å². The van der Waals surface area contributed by atoms with E-state index in [-0.39, 0.29) is 0 Å². The van der Waals surface area contributed by atoms with Gasteiger partial charge in [-0.3, -0.25) is 0 Å². The third-order valence-electron chi connectivity index (χ3n) is 2.68. The zero-order valence-corrected chi connectivity index (χ0v) is 9.96. The van der Waals surface area contributed by atoms with Gasteiger partial charge in [0.25, 0.3) is 0 Å². The van der Waals surface area contributed by atoms with E-state index in [0.717, 1.165) is 0 Å². The minimum absolute atomic E-state index is 1.28. The molecule has 0 aromatic carbocycles. The summed E-state index contributed by atoms with van der Waals surface area (Å²) >= 11 is 6.44. The van der Waals surface area contributed by atoms with Crippen LogP contribution in [0.3, 0.4) is 0 Å². The van der Waals surface area contributed by atoms with Gasteiger partial charge in [0.05, 0.1) is 26.2 Å². The predicted octanol–water partition coefficient (Wildman–Crippen LogP) is 2.64. The quantitative estimate of drug-likeness (QED) is 0.385. The average Bonchev–Trinajstić information content (AvgIpc) is 2.13. The van der Waals surface area contributed by atoms with E-state index in [1.54, 1.807) is 0 Å². The van der Waals surface area contributed by atoms with Crippen molar-refractivity contribution in [3.63, 3.8) is 0 Å². The van der Waals surface area contributed by atoms with Crippen LogP contribution < -0.4 is 0 Å². The van der Waals surface area contributed by atoms with Gasteiger partial charge in [-0.05, 0) is 27.7 Å². The Balaban J connectivity index is 0. The maximum atomic E-state index is 3.22. The summed E-state index contributed by atoms with van der Waals surface area (Å²) in [5, 5.41) is 0. The van der Waals surface area contributed by atoms with E-state index < -0.39 is 0 Å². The number of quaternary nitrogens is 1. The first-order valence-corrected chi connectivity index (χ1v) is 5.89. The topological polar surface area (TPSA) is 0 Å². The monoisotopic (exact) mass is 196 g/mol. The Labute approximate surface area is 82.0 Å². The summed E-state index contributed by atoms with van der Waals surface area (Å²) in [5.41, 5.74) is 0. The minimum atomic E-state index is 1.28. The highest BCUT2D eigenvalue weighted by Gasteiger charge is 2.16. The molecule has 0 aromatic rings. The van der Waals surface area contributed by atoms with Crippen molar-refractivity contribution >= 4 is 23.3 Å². The minimum Gasteiger partial charge on any atom is -0.325 e. The van der Waals surface area contributed by atoms with E-state index in [9.17, 15) is 0 Å². The predicted molar refractivity (Wildman–Crippen MR) is 60.4 cm³/mol. The van der Waals surface area contributed by atoms with Crippen molar-refractivity contribution in [2.24, 2.45) is 0 Å². The Morgan fingerprint density at radius 3 is 0.909 bits per heavy atom. The molecule has 70 valence electrons. The molecular weight excluding hydrogens is 174 g/mol. The van der Waals surface area contributed by atoms with E-state index in [2.05, 4.69) is 51.0 Å². The van der Waals surface area contributed by atoms with Crippen molar-refractivity contribution in [2.75, 3.05) is 26.2 Å². The molecule has 0 bridgehead atoms. The van der Waals surface area contributed by atoms with Crippen molar-refractivity contribution in [1.29, 1.82) is 0 Å². The zero-order chi connectivity index (χ0) is 9.33. The normalized spacial score (nSPS) is 10.4. The Morgan fingerprint density at radius 2 is 0.909 bits per heavy atom. The fourth-order valence-corrected chi connectivity index (χ4v) is 1.34. The van der Waals surface area contributed by atoms with Gasteiger partial charge < -0.3 is 4.48 Å².